The van der Waals surface area contributed by atoms with Crippen molar-refractivity contribution < 1.29 is 19.4 Å². The predicted octanol–water partition coefficient (Wildman–Crippen LogP) is 1.78. The zero-order chi connectivity index (χ0) is 17.0. The molecule has 0 bridgehead atoms. The SMILES string of the molecule is COc1ccc(C(=O)N2CCC[C@H](NC(=O)C(C)C)C2)c(O)c1. The second-order valence-electron chi connectivity index (χ2n) is 6.14. The molecule has 1 aliphatic heterocycles. The highest BCUT2D eigenvalue weighted by Gasteiger charge is 2.27. The number of ether oxygens (including phenoxy) is 1. The summed E-state index contributed by atoms with van der Waals surface area (Å²) in [5, 5.41) is 13.0. The average Bonchev–Trinajstić information content (AvgIpc) is 2.54. The van der Waals surface area contributed by atoms with Gasteiger partial charge in [0.05, 0.1) is 12.7 Å². The number of nitrogens with one attached hydrogen (secondary N) is 1. The van der Waals surface area contributed by atoms with E-state index in [1.165, 1.54) is 13.2 Å². The summed E-state index contributed by atoms with van der Waals surface area (Å²) < 4.78 is 5.03. The van der Waals surface area contributed by atoms with E-state index >= 15 is 0 Å². The molecule has 126 valence electrons. The lowest BCUT2D eigenvalue weighted by Crippen LogP contribution is -2.50. The first-order valence-electron chi connectivity index (χ1n) is 7.89. The highest BCUT2D eigenvalue weighted by atomic mass is 16.5. The minimum Gasteiger partial charge on any atom is -0.507 e. The summed E-state index contributed by atoms with van der Waals surface area (Å²) in [7, 11) is 1.50. The molecule has 1 atom stereocenters. The second-order valence-corrected chi connectivity index (χ2v) is 6.14. The minimum atomic E-state index is -0.228. The van der Waals surface area contributed by atoms with Crippen LogP contribution in [0, 0.1) is 5.92 Å². The van der Waals surface area contributed by atoms with Gasteiger partial charge in [0.2, 0.25) is 5.91 Å². The number of piperidine rings is 1. The van der Waals surface area contributed by atoms with Crippen molar-refractivity contribution in [3.8, 4) is 11.5 Å². The first-order chi connectivity index (χ1) is 10.9. The third kappa shape index (κ3) is 4.15. The van der Waals surface area contributed by atoms with Crippen molar-refractivity contribution in [2.45, 2.75) is 32.7 Å². The number of aromatic hydroxyl groups is 1. The Labute approximate surface area is 136 Å². The van der Waals surface area contributed by atoms with E-state index in [1.54, 1.807) is 17.0 Å². The van der Waals surface area contributed by atoms with Gasteiger partial charge in [-0.15, -0.1) is 0 Å². The maximum absolute atomic E-state index is 12.6. The monoisotopic (exact) mass is 320 g/mol. The first-order valence-corrected chi connectivity index (χ1v) is 7.89. The van der Waals surface area contributed by atoms with Gasteiger partial charge in [-0.2, -0.15) is 0 Å². The molecule has 1 saturated heterocycles. The third-order valence-electron chi connectivity index (χ3n) is 4.01. The Balaban J connectivity index is 2.06. The van der Waals surface area contributed by atoms with Crippen LogP contribution in [-0.4, -0.2) is 48.1 Å². The van der Waals surface area contributed by atoms with Crippen LogP contribution in [0.15, 0.2) is 18.2 Å². The van der Waals surface area contributed by atoms with Gasteiger partial charge in [0, 0.05) is 31.1 Å². The fourth-order valence-corrected chi connectivity index (χ4v) is 2.64. The Hall–Kier alpha value is -2.24. The number of benzene rings is 1. The van der Waals surface area contributed by atoms with Crippen LogP contribution in [0.2, 0.25) is 0 Å². The number of amides is 2. The maximum Gasteiger partial charge on any atom is 0.257 e. The van der Waals surface area contributed by atoms with Gasteiger partial charge in [-0.05, 0) is 25.0 Å². The lowest BCUT2D eigenvalue weighted by molar-refractivity contribution is -0.125. The van der Waals surface area contributed by atoms with E-state index in [-0.39, 0.29) is 35.1 Å². The second kappa shape index (κ2) is 7.35. The molecule has 6 nitrogen and oxygen atoms in total. The summed E-state index contributed by atoms with van der Waals surface area (Å²) in [6.07, 6.45) is 1.68. The van der Waals surface area contributed by atoms with Crippen molar-refractivity contribution in [3.63, 3.8) is 0 Å². The number of methoxy groups -OCH3 is 1. The highest BCUT2D eigenvalue weighted by molar-refractivity contribution is 5.97. The van der Waals surface area contributed by atoms with E-state index in [2.05, 4.69) is 5.32 Å². The number of hydrogen-bond donors (Lipinski definition) is 2. The van der Waals surface area contributed by atoms with Crippen molar-refractivity contribution in [2.24, 2.45) is 5.92 Å². The molecule has 0 spiro atoms. The van der Waals surface area contributed by atoms with Crippen molar-refractivity contribution in [3.05, 3.63) is 23.8 Å². The van der Waals surface area contributed by atoms with Crippen molar-refractivity contribution in [1.29, 1.82) is 0 Å². The molecule has 1 aromatic rings. The zero-order valence-electron chi connectivity index (χ0n) is 13.8. The van der Waals surface area contributed by atoms with Gasteiger partial charge in [-0.25, -0.2) is 0 Å². The Morgan fingerprint density at radius 1 is 1.39 bits per heavy atom. The van der Waals surface area contributed by atoms with Crippen molar-refractivity contribution >= 4 is 11.8 Å². The summed E-state index contributed by atoms with van der Waals surface area (Å²) in [6.45, 7) is 4.77. The largest absolute Gasteiger partial charge is 0.507 e. The van der Waals surface area contributed by atoms with Crippen LogP contribution in [0.1, 0.15) is 37.0 Å². The fourth-order valence-electron chi connectivity index (χ4n) is 2.64. The number of rotatable bonds is 4. The molecular weight excluding hydrogens is 296 g/mol. The van der Waals surface area contributed by atoms with Crippen LogP contribution in [0.3, 0.4) is 0 Å². The maximum atomic E-state index is 12.6. The number of likely N-dealkylation sites (tertiary alicyclic amines) is 1. The van der Waals surface area contributed by atoms with E-state index in [0.717, 1.165) is 12.8 Å². The van der Waals surface area contributed by atoms with Crippen LogP contribution in [0.5, 0.6) is 11.5 Å². The van der Waals surface area contributed by atoms with Gasteiger partial charge in [0.1, 0.15) is 11.5 Å². The molecule has 23 heavy (non-hydrogen) atoms. The number of phenols is 1. The molecule has 0 aromatic heterocycles. The number of carbonyl (C=O) groups excluding carboxylic acids is 2. The molecule has 1 aliphatic rings. The predicted molar refractivity (Wildman–Crippen MR) is 86.6 cm³/mol. The fraction of sp³-hybridized carbons (Fsp3) is 0.529. The smallest absolute Gasteiger partial charge is 0.257 e. The zero-order valence-corrected chi connectivity index (χ0v) is 13.8. The molecule has 6 heteroatoms. The average molecular weight is 320 g/mol. The van der Waals surface area contributed by atoms with E-state index in [1.807, 2.05) is 13.8 Å². The quantitative estimate of drug-likeness (QED) is 0.886. The molecule has 0 saturated carbocycles. The van der Waals surface area contributed by atoms with Crippen molar-refractivity contribution in [1.82, 2.24) is 10.2 Å². The van der Waals surface area contributed by atoms with Gasteiger partial charge in [0.25, 0.3) is 5.91 Å². The van der Waals surface area contributed by atoms with E-state index < -0.39 is 0 Å². The summed E-state index contributed by atoms with van der Waals surface area (Å²) >= 11 is 0. The Morgan fingerprint density at radius 2 is 2.13 bits per heavy atom. The van der Waals surface area contributed by atoms with Gasteiger partial charge >= 0.3 is 0 Å². The molecule has 0 radical (unpaired) electrons. The molecule has 0 unspecified atom stereocenters. The molecule has 0 aliphatic carbocycles. The number of carbonyl (C=O) groups is 2. The van der Waals surface area contributed by atoms with Crippen LogP contribution in [-0.2, 0) is 4.79 Å². The minimum absolute atomic E-state index is 0.00315. The Kier molecular flexibility index (Phi) is 5.47. The molecule has 1 heterocycles. The molecule has 1 aromatic carbocycles. The lowest BCUT2D eigenvalue weighted by Gasteiger charge is -2.33. The van der Waals surface area contributed by atoms with Crippen LogP contribution < -0.4 is 10.1 Å². The van der Waals surface area contributed by atoms with Gasteiger partial charge in [-0.3, -0.25) is 9.59 Å². The standard InChI is InChI=1S/C17H24N2O4/c1-11(2)16(21)18-12-5-4-8-19(10-12)17(22)14-7-6-13(23-3)9-15(14)20/h6-7,9,11-12,20H,4-5,8,10H2,1-3H3,(H,18,21)/t12-/m0/s1. The lowest BCUT2D eigenvalue weighted by atomic mass is 10.0. The normalized spacial score (nSPS) is 17.9. The van der Waals surface area contributed by atoms with E-state index in [4.69, 9.17) is 4.74 Å². The van der Waals surface area contributed by atoms with E-state index in [9.17, 15) is 14.7 Å². The van der Waals surface area contributed by atoms with E-state index in [0.29, 0.717) is 18.8 Å². The summed E-state index contributed by atoms with van der Waals surface area (Å²) in [5.41, 5.74) is 0.252. The molecular formula is C17H24N2O4. The highest BCUT2D eigenvalue weighted by Crippen LogP contribution is 2.25. The summed E-state index contributed by atoms with van der Waals surface area (Å²) in [5.74, 6) is 0.0967. The first kappa shape index (κ1) is 17.1. The van der Waals surface area contributed by atoms with Crippen LogP contribution in [0.4, 0.5) is 0 Å². The summed E-state index contributed by atoms with van der Waals surface area (Å²) in [4.78, 5) is 26.1. The van der Waals surface area contributed by atoms with Crippen LogP contribution >= 0.6 is 0 Å². The molecule has 1 fully saturated rings. The molecule has 2 rings (SSSR count). The van der Waals surface area contributed by atoms with Crippen molar-refractivity contribution in [2.75, 3.05) is 20.2 Å². The Morgan fingerprint density at radius 3 is 2.74 bits per heavy atom. The third-order valence-corrected chi connectivity index (χ3v) is 4.01. The number of nitrogens with zero attached hydrogens (tertiary/aromatic N) is 1. The molecule has 2 N–H and O–H groups in total. The molecule has 2 amide bonds. The van der Waals surface area contributed by atoms with Gasteiger partial charge in [-0.1, -0.05) is 13.8 Å². The Bertz CT molecular complexity index is 586. The van der Waals surface area contributed by atoms with Crippen LogP contribution in [0.25, 0.3) is 0 Å². The van der Waals surface area contributed by atoms with Gasteiger partial charge < -0.3 is 20.1 Å². The number of phenolic OH excluding ortho intramolecular Hbond substituents is 1. The topological polar surface area (TPSA) is 78.9 Å². The summed E-state index contributed by atoms with van der Waals surface area (Å²) in [6, 6.07) is 4.60. The van der Waals surface area contributed by atoms with Gasteiger partial charge in [0.15, 0.2) is 0 Å². The number of hydrogen-bond acceptors (Lipinski definition) is 4.